The van der Waals surface area contributed by atoms with Gasteiger partial charge in [-0.1, -0.05) is 35.9 Å². The molecule has 9 heteroatoms. The van der Waals surface area contributed by atoms with Crippen molar-refractivity contribution in [3.63, 3.8) is 0 Å². The molecule has 8 nitrogen and oxygen atoms in total. The number of benzene rings is 3. The molecule has 0 atom stereocenters. The first-order valence-corrected chi connectivity index (χ1v) is 12.4. The molecule has 3 aromatic rings. The molecular formula is C29H27ClN2O6. The summed E-state index contributed by atoms with van der Waals surface area (Å²) in [7, 11) is 0. The Balaban J connectivity index is 1.51. The Morgan fingerprint density at radius 2 is 1.55 bits per heavy atom. The molecule has 0 saturated carbocycles. The number of amides is 4. The molecule has 0 radical (unpaired) electrons. The van der Waals surface area contributed by atoms with Crippen molar-refractivity contribution in [3.8, 4) is 17.2 Å². The van der Waals surface area contributed by atoms with Crippen LogP contribution in [0.2, 0.25) is 5.02 Å². The van der Waals surface area contributed by atoms with E-state index < -0.39 is 17.8 Å². The standard InChI is InChI=1S/C29H27ClN2O6/c1-4-36-25-17-20(8-13-24(25)37-14-15-38-26-18(2)6-5-7-19(26)3)16-23-27(33)31-29(35)32(28(23)34)22-11-9-21(30)10-12-22/h5-13,16-17H,4,14-15H2,1-3H3,(H,31,33,35)/b23-16-. The molecular weight excluding hydrogens is 508 g/mol. The van der Waals surface area contributed by atoms with Crippen LogP contribution in [0.5, 0.6) is 17.2 Å². The zero-order valence-corrected chi connectivity index (χ0v) is 22.0. The van der Waals surface area contributed by atoms with Crippen LogP contribution < -0.4 is 24.4 Å². The minimum Gasteiger partial charge on any atom is -0.490 e. The number of nitrogens with zero attached hydrogens (tertiary/aromatic N) is 1. The zero-order chi connectivity index (χ0) is 27.2. The van der Waals surface area contributed by atoms with Crippen molar-refractivity contribution in [3.05, 3.63) is 87.9 Å². The number of hydrogen-bond donors (Lipinski definition) is 1. The lowest BCUT2D eigenvalue weighted by atomic mass is 10.1. The summed E-state index contributed by atoms with van der Waals surface area (Å²) >= 11 is 5.92. The third kappa shape index (κ3) is 5.98. The Bertz CT molecular complexity index is 1380. The molecule has 1 fully saturated rings. The zero-order valence-electron chi connectivity index (χ0n) is 21.2. The Morgan fingerprint density at radius 1 is 0.868 bits per heavy atom. The van der Waals surface area contributed by atoms with Gasteiger partial charge in [0.15, 0.2) is 11.5 Å². The van der Waals surface area contributed by atoms with E-state index in [1.165, 1.54) is 18.2 Å². The number of anilines is 1. The van der Waals surface area contributed by atoms with E-state index >= 15 is 0 Å². The number of ether oxygens (including phenoxy) is 3. The lowest BCUT2D eigenvalue weighted by Gasteiger charge is -2.26. The Kier molecular flexibility index (Phi) is 8.33. The Hall–Kier alpha value is -4.30. The highest BCUT2D eigenvalue weighted by Gasteiger charge is 2.36. The van der Waals surface area contributed by atoms with E-state index in [0.717, 1.165) is 21.8 Å². The molecule has 196 valence electrons. The monoisotopic (exact) mass is 534 g/mol. The fourth-order valence-corrected chi connectivity index (χ4v) is 4.10. The maximum Gasteiger partial charge on any atom is 0.335 e. The van der Waals surface area contributed by atoms with Crippen LogP contribution in [0, 0.1) is 13.8 Å². The Labute approximate surface area is 225 Å². The number of carbonyl (C=O) groups is 3. The smallest absolute Gasteiger partial charge is 0.335 e. The van der Waals surface area contributed by atoms with Gasteiger partial charge in [-0.2, -0.15) is 0 Å². The van der Waals surface area contributed by atoms with E-state index in [9.17, 15) is 14.4 Å². The number of carbonyl (C=O) groups excluding carboxylic acids is 3. The summed E-state index contributed by atoms with van der Waals surface area (Å²) in [4.78, 5) is 38.9. The Morgan fingerprint density at radius 3 is 2.24 bits per heavy atom. The summed E-state index contributed by atoms with van der Waals surface area (Å²) in [5.74, 6) is 0.250. The van der Waals surface area contributed by atoms with Gasteiger partial charge in [0, 0.05) is 5.02 Å². The van der Waals surface area contributed by atoms with Crippen molar-refractivity contribution >= 4 is 41.2 Å². The molecule has 3 aromatic carbocycles. The molecule has 4 rings (SSSR count). The van der Waals surface area contributed by atoms with Crippen molar-refractivity contribution in [1.29, 1.82) is 0 Å². The molecule has 1 aliphatic rings. The minimum absolute atomic E-state index is 0.197. The molecule has 0 bridgehead atoms. The van der Waals surface area contributed by atoms with Crippen molar-refractivity contribution in [1.82, 2.24) is 5.32 Å². The summed E-state index contributed by atoms with van der Waals surface area (Å²) in [5, 5.41) is 2.66. The number of aryl methyl sites for hydroxylation is 2. The van der Waals surface area contributed by atoms with Gasteiger partial charge in [-0.15, -0.1) is 0 Å². The second-order valence-electron chi connectivity index (χ2n) is 8.49. The van der Waals surface area contributed by atoms with E-state index in [-0.39, 0.29) is 17.9 Å². The third-order valence-electron chi connectivity index (χ3n) is 5.76. The minimum atomic E-state index is -0.832. The summed E-state index contributed by atoms with van der Waals surface area (Å²) in [6, 6.07) is 16.4. The van der Waals surface area contributed by atoms with Gasteiger partial charge in [-0.25, -0.2) is 9.69 Å². The van der Waals surface area contributed by atoms with Crippen molar-refractivity contribution in [2.24, 2.45) is 0 Å². The van der Waals surface area contributed by atoms with Gasteiger partial charge in [0.25, 0.3) is 11.8 Å². The van der Waals surface area contributed by atoms with Crippen LogP contribution in [0.1, 0.15) is 23.6 Å². The molecule has 0 spiro atoms. The van der Waals surface area contributed by atoms with Gasteiger partial charge in [0.05, 0.1) is 12.3 Å². The number of para-hydroxylation sites is 1. The first-order valence-electron chi connectivity index (χ1n) is 12.0. The van der Waals surface area contributed by atoms with E-state index in [4.69, 9.17) is 25.8 Å². The molecule has 1 heterocycles. The van der Waals surface area contributed by atoms with Gasteiger partial charge in [-0.05, 0) is 79.9 Å². The molecule has 1 N–H and O–H groups in total. The average molecular weight is 535 g/mol. The molecule has 1 saturated heterocycles. The van der Waals surface area contributed by atoms with Gasteiger partial charge >= 0.3 is 6.03 Å². The number of urea groups is 1. The number of imide groups is 2. The van der Waals surface area contributed by atoms with E-state index in [1.54, 1.807) is 30.3 Å². The molecule has 1 aliphatic heterocycles. The summed E-state index contributed by atoms with van der Waals surface area (Å²) in [6.45, 7) is 6.83. The maximum absolute atomic E-state index is 13.1. The van der Waals surface area contributed by atoms with E-state index in [1.807, 2.05) is 39.0 Å². The molecule has 38 heavy (non-hydrogen) atoms. The second kappa shape index (κ2) is 11.8. The van der Waals surface area contributed by atoms with Crippen LogP contribution in [0.4, 0.5) is 10.5 Å². The predicted octanol–water partition coefficient (Wildman–Crippen LogP) is 5.48. The fraction of sp³-hybridized carbons (Fsp3) is 0.207. The van der Waals surface area contributed by atoms with Crippen LogP contribution in [0.25, 0.3) is 6.08 Å². The van der Waals surface area contributed by atoms with Crippen molar-refractivity contribution in [2.45, 2.75) is 20.8 Å². The quantitative estimate of drug-likeness (QED) is 0.222. The third-order valence-corrected chi connectivity index (χ3v) is 6.01. The second-order valence-corrected chi connectivity index (χ2v) is 8.93. The van der Waals surface area contributed by atoms with Crippen LogP contribution in [0.15, 0.2) is 66.2 Å². The van der Waals surface area contributed by atoms with Crippen molar-refractivity contribution < 1.29 is 28.6 Å². The number of hydrogen-bond acceptors (Lipinski definition) is 6. The SMILES string of the molecule is CCOc1cc(/C=C2/C(=O)NC(=O)N(c3ccc(Cl)cc3)C2=O)ccc1OCCOc1c(C)cccc1C. The fourth-order valence-electron chi connectivity index (χ4n) is 3.97. The van der Waals surface area contributed by atoms with Crippen LogP contribution >= 0.6 is 11.6 Å². The van der Waals surface area contributed by atoms with Gasteiger partial charge in [-0.3, -0.25) is 14.9 Å². The first-order chi connectivity index (χ1) is 18.3. The number of rotatable bonds is 9. The highest BCUT2D eigenvalue weighted by atomic mass is 35.5. The lowest BCUT2D eigenvalue weighted by molar-refractivity contribution is -0.122. The maximum atomic E-state index is 13.1. The molecule has 0 unspecified atom stereocenters. The van der Waals surface area contributed by atoms with E-state index in [0.29, 0.717) is 35.3 Å². The van der Waals surface area contributed by atoms with Gasteiger partial charge in [0.1, 0.15) is 24.5 Å². The summed E-state index contributed by atoms with van der Waals surface area (Å²) in [5.41, 5.74) is 2.72. The first kappa shape index (κ1) is 26.8. The number of halogens is 1. The molecule has 4 amide bonds. The summed E-state index contributed by atoms with van der Waals surface area (Å²) in [6.07, 6.45) is 1.41. The largest absolute Gasteiger partial charge is 0.490 e. The molecule has 0 aromatic heterocycles. The van der Waals surface area contributed by atoms with Crippen LogP contribution in [-0.4, -0.2) is 37.7 Å². The molecule has 0 aliphatic carbocycles. The number of nitrogens with one attached hydrogen (secondary N) is 1. The lowest BCUT2D eigenvalue weighted by Crippen LogP contribution is -2.54. The van der Waals surface area contributed by atoms with E-state index in [2.05, 4.69) is 5.32 Å². The number of barbiturate groups is 1. The average Bonchev–Trinajstić information content (AvgIpc) is 2.88. The van der Waals surface area contributed by atoms with Gasteiger partial charge < -0.3 is 14.2 Å². The topological polar surface area (TPSA) is 94.2 Å². The van der Waals surface area contributed by atoms with Gasteiger partial charge in [0.2, 0.25) is 0 Å². The van der Waals surface area contributed by atoms with Crippen LogP contribution in [-0.2, 0) is 9.59 Å². The van der Waals surface area contributed by atoms with Crippen molar-refractivity contribution in [2.75, 3.05) is 24.7 Å². The van der Waals surface area contributed by atoms with Crippen LogP contribution in [0.3, 0.4) is 0 Å². The summed E-state index contributed by atoms with van der Waals surface area (Å²) < 4.78 is 17.5. The predicted molar refractivity (Wildman–Crippen MR) is 145 cm³/mol. The normalized spacial score (nSPS) is 14.5. The highest BCUT2D eigenvalue weighted by molar-refractivity contribution is 6.39. The highest BCUT2D eigenvalue weighted by Crippen LogP contribution is 2.31.